The summed E-state index contributed by atoms with van der Waals surface area (Å²) in [5.74, 6) is -3.23. The number of hydrogen-bond donors (Lipinski definition) is 5. The summed E-state index contributed by atoms with van der Waals surface area (Å²) in [5.41, 5.74) is -2.99. The monoisotopic (exact) mass is 992 g/mol. The number of ether oxygens (including phenoxy) is 2. The summed E-state index contributed by atoms with van der Waals surface area (Å²) in [6, 6.07) is 15.2. The van der Waals surface area contributed by atoms with E-state index in [9.17, 15) is 49.2 Å². The highest BCUT2D eigenvalue weighted by Crippen LogP contribution is 2.70. The lowest BCUT2D eigenvalue weighted by Gasteiger charge is -2.62. The van der Waals surface area contributed by atoms with Gasteiger partial charge in [0.15, 0.2) is 17.2 Å². The van der Waals surface area contributed by atoms with Gasteiger partial charge in [0.05, 0.1) is 39.9 Å². The molecule has 4 fully saturated rings. The van der Waals surface area contributed by atoms with Crippen LogP contribution in [0.25, 0.3) is 0 Å². The van der Waals surface area contributed by atoms with Crippen molar-refractivity contribution in [1.82, 2.24) is 19.6 Å². The number of carboxylic acids is 1. The second-order valence-electron chi connectivity index (χ2n) is 21.3. The van der Waals surface area contributed by atoms with Gasteiger partial charge in [0.2, 0.25) is 5.91 Å². The predicted octanol–water partition coefficient (Wildman–Crippen LogP) is 5.44. The Labute approximate surface area is 417 Å². The zero-order chi connectivity index (χ0) is 52.9. The van der Waals surface area contributed by atoms with Gasteiger partial charge in [-0.25, -0.2) is 14.0 Å². The van der Waals surface area contributed by atoms with Gasteiger partial charge in [-0.05, 0) is 114 Å². The Kier molecular flexibility index (Phi) is 18.0. The van der Waals surface area contributed by atoms with Crippen LogP contribution in [0.15, 0.2) is 78.4 Å². The van der Waals surface area contributed by atoms with E-state index in [0.717, 1.165) is 11.3 Å². The number of carboxylic acid groups (broad SMARTS) is 1. The number of aliphatic hydroxyl groups is 3. The molecular formula is C54H76FN4O12+. The molecule has 7 rings (SSSR count). The molecule has 3 saturated carbocycles. The Bertz CT molecular complexity index is 2340. The minimum atomic E-state index is -1.98. The average molecular weight is 992 g/mol. The summed E-state index contributed by atoms with van der Waals surface area (Å²) >= 11 is 0. The molecule has 17 heteroatoms. The number of carbonyl (C=O) groups excluding carboxylic acids is 5. The van der Waals surface area contributed by atoms with E-state index in [1.165, 1.54) is 22.0 Å². The molecule has 1 aliphatic heterocycles. The van der Waals surface area contributed by atoms with Crippen LogP contribution in [-0.2, 0) is 35.1 Å². The van der Waals surface area contributed by atoms with Gasteiger partial charge in [-0.3, -0.25) is 29.0 Å². The SMILES string of the molecule is CCOC(=O)[C@H](CCc1ccccc1)N[C@@H](C)C(=O)N1CCC[C@H]1C(=O)O.CN(C)C(=O)Oc1cccc([N+](C)(C)C)c1.C[C@@H]1C[C@H]2[C@@H]3CCC4=CC(=O)C=C[C@]4(C)[C@@]3(F)[C@@H](O)C[C@]2(C)[C@@]1(O)C(=O)CO. The number of amides is 2. The molecule has 0 unspecified atom stereocenters. The molecular weight excluding hydrogens is 916 g/mol. The first-order valence-corrected chi connectivity index (χ1v) is 24.7. The average Bonchev–Trinajstić information content (AvgIpc) is 3.90. The minimum absolute atomic E-state index is 0.0676. The van der Waals surface area contributed by atoms with Crippen molar-refractivity contribution >= 4 is 41.2 Å². The van der Waals surface area contributed by atoms with E-state index < -0.39 is 82.5 Å². The molecule has 11 atom stereocenters. The number of rotatable bonds is 13. The summed E-state index contributed by atoms with van der Waals surface area (Å²) in [6.07, 6.45) is 6.36. The van der Waals surface area contributed by atoms with Crippen LogP contribution in [0.3, 0.4) is 0 Å². The van der Waals surface area contributed by atoms with Gasteiger partial charge in [0, 0.05) is 43.5 Å². The molecule has 0 spiro atoms. The number of aliphatic carboxylic acids is 1. The topological polar surface area (TPSA) is 220 Å². The predicted molar refractivity (Wildman–Crippen MR) is 266 cm³/mol. The quantitative estimate of drug-likeness (QED) is 0.125. The van der Waals surface area contributed by atoms with Crippen molar-refractivity contribution in [3.63, 3.8) is 0 Å². The smallest absolute Gasteiger partial charge is 0.414 e. The molecule has 0 radical (unpaired) electrons. The van der Waals surface area contributed by atoms with Crippen LogP contribution in [0.4, 0.5) is 14.9 Å². The number of aryl methyl sites for hydroxylation is 1. The Morgan fingerprint density at radius 3 is 2.30 bits per heavy atom. The summed E-state index contributed by atoms with van der Waals surface area (Å²) in [6.45, 7) is 8.57. The first kappa shape index (κ1) is 56.6. The van der Waals surface area contributed by atoms with Crippen molar-refractivity contribution in [2.75, 3.05) is 55.0 Å². The summed E-state index contributed by atoms with van der Waals surface area (Å²) < 4.78 is 27.9. The molecule has 4 aliphatic carbocycles. The Morgan fingerprint density at radius 1 is 1.01 bits per heavy atom. The maximum Gasteiger partial charge on any atom is 0.414 e. The molecule has 1 saturated heterocycles. The van der Waals surface area contributed by atoms with Crippen LogP contribution in [-0.4, -0.2) is 156 Å². The number of likely N-dealkylation sites (tertiary alicyclic amines) is 1. The number of nitrogens with one attached hydrogen (secondary N) is 1. The lowest BCUT2D eigenvalue weighted by Crippen LogP contribution is -2.69. The number of alkyl halides is 1. The third kappa shape index (κ3) is 11.5. The summed E-state index contributed by atoms with van der Waals surface area (Å²) in [5, 5.41) is 44.3. The normalized spacial score (nSPS) is 30.3. The van der Waals surface area contributed by atoms with E-state index >= 15 is 4.39 Å². The molecule has 71 heavy (non-hydrogen) atoms. The number of ketones is 2. The lowest BCUT2D eigenvalue weighted by molar-refractivity contribution is -0.219. The summed E-state index contributed by atoms with van der Waals surface area (Å²) in [7, 11) is 9.50. The number of Topliss-reactive ketones (excluding diaryl/α,β-unsaturated/α-hetero) is 1. The number of benzene rings is 2. The van der Waals surface area contributed by atoms with Gasteiger partial charge in [-0.15, -0.1) is 0 Å². The van der Waals surface area contributed by atoms with Crippen molar-refractivity contribution in [2.24, 2.45) is 28.6 Å². The van der Waals surface area contributed by atoms with E-state index in [1.807, 2.05) is 48.5 Å². The number of fused-ring (bicyclic) bond motifs is 5. The van der Waals surface area contributed by atoms with Crippen LogP contribution < -0.4 is 14.5 Å². The van der Waals surface area contributed by atoms with Crippen LogP contribution in [0, 0.1) is 28.6 Å². The standard InChI is InChI=1S/C22H29FO5.C20H28N2O5.C12H19N2O2/c1-12-8-16-15-5-4-13-9-14(25)6-7-19(13,2)21(15,23)17(26)10-20(16,3)22(12,28)18(27)11-24;1-3-27-20(26)16(12-11-15-8-5-4-6-9-15)21-14(2)18(23)22-13-7-10-17(22)19(24)25;1-13(2)12(15)16-11-8-6-7-10(9-11)14(3,4)5/h6-7,9,12,15-17,24,26,28H,4-5,8,10-11H2,1-3H3;4-6,8-9,14,16-17,21H,3,7,10-13H2,1-2H3,(H,24,25);6-9H,1-5H3/q;;+1/t12-,15+,16+,17+,19+,20+,21+,22+;14-,16-,17-;/m10./s1. The zero-order valence-corrected chi connectivity index (χ0v) is 43.0. The Morgan fingerprint density at radius 2 is 1.69 bits per heavy atom. The van der Waals surface area contributed by atoms with E-state index in [-0.39, 0.29) is 36.7 Å². The van der Waals surface area contributed by atoms with Crippen LogP contribution in [0.2, 0.25) is 0 Å². The Balaban J connectivity index is 0.000000206. The molecule has 16 nitrogen and oxygen atoms in total. The maximum atomic E-state index is 16.9. The van der Waals surface area contributed by atoms with Crippen LogP contribution >= 0.6 is 0 Å². The van der Waals surface area contributed by atoms with E-state index in [0.29, 0.717) is 67.3 Å². The number of quaternary nitrogens is 1. The second kappa shape index (κ2) is 22.6. The molecule has 5 aliphatic rings. The number of allylic oxidation sites excluding steroid dienone is 4. The largest absolute Gasteiger partial charge is 0.480 e. The van der Waals surface area contributed by atoms with Crippen molar-refractivity contribution in [3.8, 4) is 5.75 Å². The maximum absolute atomic E-state index is 16.9. The molecule has 390 valence electrons. The van der Waals surface area contributed by atoms with Crippen molar-refractivity contribution < 1.29 is 63.1 Å². The number of carbonyl (C=O) groups is 6. The van der Waals surface area contributed by atoms with Crippen LogP contribution in [0.1, 0.15) is 85.1 Å². The molecule has 5 N–H and O–H groups in total. The molecule has 1 heterocycles. The van der Waals surface area contributed by atoms with E-state index in [2.05, 4.69) is 26.5 Å². The molecule has 0 aromatic heterocycles. The van der Waals surface area contributed by atoms with E-state index in [4.69, 9.17) is 9.47 Å². The highest BCUT2D eigenvalue weighted by molar-refractivity contribution is 6.01. The fourth-order valence-electron chi connectivity index (χ4n) is 11.8. The second-order valence-corrected chi connectivity index (χ2v) is 21.3. The fraction of sp³-hybridized carbons (Fsp3) is 0.593. The first-order chi connectivity index (χ1) is 33.2. The van der Waals surface area contributed by atoms with E-state index in [1.54, 1.807) is 60.9 Å². The number of aliphatic hydroxyl groups excluding tert-OH is 2. The van der Waals surface area contributed by atoms with Gasteiger partial charge in [0.1, 0.15) is 35.7 Å². The first-order valence-electron chi connectivity index (χ1n) is 24.7. The van der Waals surface area contributed by atoms with Crippen molar-refractivity contribution in [3.05, 3.63) is 84.0 Å². The third-order valence-corrected chi connectivity index (χ3v) is 15.7. The minimum Gasteiger partial charge on any atom is -0.480 e. The zero-order valence-electron chi connectivity index (χ0n) is 43.0. The molecule has 2 aromatic rings. The van der Waals surface area contributed by atoms with Crippen LogP contribution in [0.5, 0.6) is 5.75 Å². The van der Waals surface area contributed by atoms with Gasteiger partial charge < -0.3 is 39.7 Å². The Hall–Kier alpha value is -5.33. The molecule has 2 aromatic carbocycles. The van der Waals surface area contributed by atoms with Crippen molar-refractivity contribution in [1.29, 1.82) is 0 Å². The fourth-order valence-corrected chi connectivity index (χ4v) is 11.8. The van der Waals surface area contributed by atoms with Gasteiger partial charge >= 0.3 is 18.0 Å². The van der Waals surface area contributed by atoms with Gasteiger partial charge in [-0.2, -0.15) is 0 Å². The third-order valence-electron chi connectivity index (χ3n) is 15.7. The van der Waals surface area contributed by atoms with Gasteiger partial charge in [0.25, 0.3) is 0 Å². The van der Waals surface area contributed by atoms with Gasteiger partial charge in [-0.1, -0.05) is 61.9 Å². The molecule has 0 bridgehead atoms. The highest BCUT2D eigenvalue weighted by atomic mass is 19.1. The lowest BCUT2D eigenvalue weighted by atomic mass is 9.44. The number of halogens is 1. The molecule has 2 amide bonds. The number of hydrogen-bond acceptors (Lipinski definition) is 12. The van der Waals surface area contributed by atoms with Crippen molar-refractivity contribution in [2.45, 2.75) is 121 Å². The number of nitrogens with zero attached hydrogens (tertiary/aromatic N) is 3. The highest BCUT2D eigenvalue weighted by Gasteiger charge is 2.75. The number of esters is 1. The summed E-state index contributed by atoms with van der Waals surface area (Å²) in [4.78, 5) is 74.9.